The Bertz CT molecular complexity index is 1160. The highest BCUT2D eigenvalue weighted by atomic mass is 32.1. The van der Waals surface area contributed by atoms with Gasteiger partial charge in [-0.3, -0.25) is 4.79 Å². The van der Waals surface area contributed by atoms with Crippen LogP contribution in [0.4, 0.5) is 0 Å². The molecule has 1 amide bonds. The van der Waals surface area contributed by atoms with Crippen molar-refractivity contribution in [2.75, 3.05) is 13.1 Å². The SMILES string of the molecule is Cc1cc(C)n2ncc(C(=O)N3CCCC(c4nc5ccccc5s4)C3)c2n1. The van der Waals surface area contributed by atoms with Crippen molar-refractivity contribution >= 4 is 33.1 Å². The number of benzene rings is 1. The van der Waals surface area contributed by atoms with E-state index in [9.17, 15) is 4.79 Å². The third-order valence-electron chi connectivity index (χ3n) is 5.38. The van der Waals surface area contributed by atoms with Crippen LogP contribution in [0.3, 0.4) is 0 Å². The smallest absolute Gasteiger partial charge is 0.259 e. The molecule has 1 saturated heterocycles. The summed E-state index contributed by atoms with van der Waals surface area (Å²) in [5, 5.41) is 5.51. The molecule has 7 heteroatoms. The van der Waals surface area contributed by atoms with Gasteiger partial charge in [0.1, 0.15) is 5.56 Å². The average molecular weight is 392 g/mol. The van der Waals surface area contributed by atoms with Gasteiger partial charge in [-0.15, -0.1) is 11.3 Å². The number of aryl methyl sites for hydroxylation is 2. The van der Waals surface area contributed by atoms with Crippen LogP contribution < -0.4 is 0 Å². The zero-order chi connectivity index (χ0) is 19.3. The molecule has 0 bridgehead atoms. The highest BCUT2D eigenvalue weighted by molar-refractivity contribution is 7.18. The number of aromatic nitrogens is 4. The van der Waals surface area contributed by atoms with E-state index in [0.717, 1.165) is 41.3 Å². The summed E-state index contributed by atoms with van der Waals surface area (Å²) >= 11 is 1.74. The molecule has 1 aliphatic rings. The lowest BCUT2D eigenvalue weighted by Crippen LogP contribution is -2.39. The number of thiazole rings is 1. The first kappa shape index (κ1) is 17.3. The van der Waals surface area contributed by atoms with E-state index in [2.05, 4.69) is 22.2 Å². The molecule has 142 valence electrons. The average Bonchev–Trinajstić information content (AvgIpc) is 3.32. The Morgan fingerprint density at radius 3 is 2.93 bits per heavy atom. The molecule has 3 aromatic heterocycles. The van der Waals surface area contributed by atoms with Crippen molar-refractivity contribution in [2.45, 2.75) is 32.6 Å². The van der Waals surface area contributed by atoms with Gasteiger partial charge in [-0.05, 0) is 44.9 Å². The largest absolute Gasteiger partial charge is 0.338 e. The second-order valence-electron chi connectivity index (χ2n) is 7.44. The van der Waals surface area contributed by atoms with E-state index in [-0.39, 0.29) is 11.8 Å². The van der Waals surface area contributed by atoms with Gasteiger partial charge in [0, 0.05) is 30.4 Å². The summed E-state index contributed by atoms with van der Waals surface area (Å²) in [6.07, 6.45) is 3.70. The van der Waals surface area contributed by atoms with E-state index in [1.165, 1.54) is 4.70 Å². The summed E-state index contributed by atoms with van der Waals surface area (Å²) in [4.78, 5) is 24.6. The molecule has 0 aliphatic carbocycles. The van der Waals surface area contributed by atoms with Crippen LogP contribution >= 0.6 is 11.3 Å². The lowest BCUT2D eigenvalue weighted by atomic mass is 9.98. The van der Waals surface area contributed by atoms with Crippen molar-refractivity contribution in [2.24, 2.45) is 0 Å². The monoisotopic (exact) mass is 391 g/mol. The van der Waals surface area contributed by atoms with Crippen LogP contribution in [0.5, 0.6) is 0 Å². The first-order valence-corrected chi connectivity index (χ1v) is 10.4. The number of nitrogens with zero attached hydrogens (tertiary/aromatic N) is 5. The molecule has 4 aromatic rings. The molecule has 5 rings (SSSR count). The van der Waals surface area contributed by atoms with Crippen LogP contribution in [0.15, 0.2) is 36.5 Å². The molecule has 1 fully saturated rings. The number of rotatable bonds is 2. The second-order valence-corrected chi connectivity index (χ2v) is 8.50. The summed E-state index contributed by atoms with van der Waals surface area (Å²) in [5.74, 6) is 0.298. The van der Waals surface area contributed by atoms with Crippen LogP contribution in [0.25, 0.3) is 15.9 Å². The van der Waals surface area contributed by atoms with Crippen LogP contribution in [0.2, 0.25) is 0 Å². The molecule has 28 heavy (non-hydrogen) atoms. The Labute approximate surface area is 166 Å². The third-order valence-corrected chi connectivity index (χ3v) is 6.58. The first-order chi connectivity index (χ1) is 13.6. The fraction of sp³-hybridized carbons (Fsp3) is 0.333. The van der Waals surface area contributed by atoms with E-state index >= 15 is 0 Å². The van der Waals surface area contributed by atoms with Crippen molar-refractivity contribution in [3.8, 4) is 0 Å². The number of carbonyl (C=O) groups is 1. The van der Waals surface area contributed by atoms with Gasteiger partial charge in [0.2, 0.25) is 0 Å². The zero-order valence-electron chi connectivity index (χ0n) is 15.9. The van der Waals surface area contributed by atoms with Gasteiger partial charge < -0.3 is 4.90 Å². The molecular formula is C21H21N5OS. The van der Waals surface area contributed by atoms with Gasteiger partial charge in [0.05, 0.1) is 21.4 Å². The van der Waals surface area contributed by atoms with Gasteiger partial charge in [0.25, 0.3) is 5.91 Å². The molecule has 0 radical (unpaired) electrons. The van der Waals surface area contributed by atoms with E-state index in [0.29, 0.717) is 17.8 Å². The number of piperidine rings is 1. The van der Waals surface area contributed by atoms with Crippen LogP contribution in [-0.4, -0.2) is 43.5 Å². The molecule has 4 heterocycles. The topological polar surface area (TPSA) is 63.4 Å². The molecule has 0 saturated carbocycles. The third kappa shape index (κ3) is 2.86. The minimum absolute atomic E-state index is 0.0123. The van der Waals surface area contributed by atoms with E-state index in [1.807, 2.05) is 36.9 Å². The molecule has 6 nitrogen and oxygen atoms in total. The lowest BCUT2D eigenvalue weighted by Gasteiger charge is -2.31. The minimum atomic E-state index is 0.0123. The van der Waals surface area contributed by atoms with E-state index < -0.39 is 0 Å². The van der Waals surface area contributed by atoms with Crippen LogP contribution in [-0.2, 0) is 0 Å². The van der Waals surface area contributed by atoms with Crippen LogP contribution in [0, 0.1) is 13.8 Å². The molecule has 1 aliphatic heterocycles. The molecular weight excluding hydrogens is 370 g/mol. The minimum Gasteiger partial charge on any atom is -0.338 e. The van der Waals surface area contributed by atoms with Gasteiger partial charge >= 0.3 is 0 Å². The first-order valence-electron chi connectivity index (χ1n) is 9.57. The van der Waals surface area contributed by atoms with Crippen molar-refractivity contribution < 1.29 is 4.79 Å². The Morgan fingerprint density at radius 1 is 1.21 bits per heavy atom. The standard InChI is InChI=1S/C21H21N5OS/c1-13-10-14(2)26-19(23-13)16(11-22-26)21(27)25-9-5-6-15(12-25)20-24-17-7-3-4-8-18(17)28-20/h3-4,7-8,10-11,15H,5-6,9,12H2,1-2H3. The van der Waals surface area contributed by atoms with Crippen molar-refractivity contribution in [3.05, 3.63) is 58.5 Å². The summed E-state index contributed by atoms with van der Waals surface area (Å²) in [5.41, 5.74) is 4.14. The quantitative estimate of drug-likeness (QED) is 0.519. The molecule has 1 atom stereocenters. The van der Waals surface area contributed by atoms with Gasteiger partial charge in [-0.1, -0.05) is 12.1 Å². The molecule has 1 unspecified atom stereocenters. The van der Waals surface area contributed by atoms with Gasteiger partial charge in [-0.25, -0.2) is 14.5 Å². The van der Waals surface area contributed by atoms with E-state index in [1.54, 1.807) is 22.0 Å². The molecule has 0 spiro atoms. The number of carbonyl (C=O) groups excluding carboxylic acids is 1. The predicted octanol–water partition coefficient (Wildman–Crippen LogP) is 3.98. The number of amides is 1. The Balaban J connectivity index is 1.44. The number of para-hydroxylation sites is 1. The Morgan fingerprint density at radius 2 is 2.07 bits per heavy atom. The summed E-state index contributed by atoms with van der Waals surface area (Å²) in [6.45, 7) is 5.38. The summed E-state index contributed by atoms with van der Waals surface area (Å²) < 4.78 is 2.95. The number of likely N-dealkylation sites (tertiary alicyclic amines) is 1. The van der Waals surface area contributed by atoms with Crippen molar-refractivity contribution in [1.29, 1.82) is 0 Å². The van der Waals surface area contributed by atoms with E-state index in [4.69, 9.17) is 4.98 Å². The maximum atomic E-state index is 13.3. The lowest BCUT2D eigenvalue weighted by molar-refractivity contribution is 0.0709. The maximum Gasteiger partial charge on any atom is 0.259 e. The van der Waals surface area contributed by atoms with Crippen molar-refractivity contribution in [3.63, 3.8) is 0 Å². The highest BCUT2D eigenvalue weighted by Gasteiger charge is 2.29. The molecule has 1 aromatic carbocycles. The van der Waals surface area contributed by atoms with Gasteiger partial charge in [-0.2, -0.15) is 5.10 Å². The summed E-state index contributed by atoms with van der Waals surface area (Å²) in [6, 6.07) is 10.2. The second kappa shape index (κ2) is 6.67. The predicted molar refractivity (Wildman–Crippen MR) is 110 cm³/mol. The zero-order valence-corrected chi connectivity index (χ0v) is 16.7. The van der Waals surface area contributed by atoms with Gasteiger partial charge in [0.15, 0.2) is 5.65 Å². The fourth-order valence-electron chi connectivity index (χ4n) is 4.02. The maximum absolute atomic E-state index is 13.3. The summed E-state index contributed by atoms with van der Waals surface area (Å²) in [7, 11) is 0. The Kier molecular flexibility index (Phi) is 4.12. The van der Waals surface area contributed by atoms with Crippen molar-refractivity contribution in [1.82, 2.24) is 24.5 Å². The van der Waals surface area contributed by atoms with Crippen LogP contribution in [0.1, 0.15) is 45.5 Å². The fourth-order valence-corrected chi connectivity index (χ4v) is 5.11. The molecule has 0 N–H and O–H groups in total. The normalized spacial score (nSPS) is 17.5. The number of fused-ring (bicyclic) bond motifs is 2. The highest BCUT2D eigenvalue weighted by Crippen LogP contribution is 2.33. The number of hydrogen-bond acceptors (Lipinski definition) is 5. The Hall–Kier alpha value is -2.80. The number of hydrogen-bond donors (Lipinski definition) is 0.